The number of hydrogen-bond acceptors (Lipinski definition) is 4. The van der Waals surface area contributed by atoms with Crippen molar-refractivity contribution in [3.8, 4) is 5.69 Å². The summed E-state index contributed by atoms with van der Waals surface area (Å²) in [5.74, 6) is 0.477. The third-order valence-corrected chi connectivity index (χ3v) is 5.40. The molecule has 0 aliphatic heterocycles. The number of para-hydroxylation sites is 1. The molecule has 0 saturated carbocycles. The van der Waals surface area contributed by atoms with E-state index >= 15 is 0 Å². The van der Waals surface area contributed by atoms with Gasteiger partial charge in [0.1, 0.15) is 0 Å². The standard InChI is InChI=1S/C23H22N4OS/c28-23(21-12-7-15-29-21)25-22-19(13-14-24-16-18-8-3-1-4-9-18)17-27(26-22)20-10-5-2-6-11-20/h1-12,15,17,24H,13-14,16H2,(H,25,26,28). The Morgan fingerprint density at radius 3 is 2.45 bits per heavy atom. The highest BCUT2D eigenvalue weighted by atomic mass is 32.1. The molecule has 29 heavy (non-hydrogen) atoms. The summed E-state index contributed by atoms with van der Waals surface area (Å²) in [6, 6.07) is 23.9. The van der Waals surface area contributed by atoms with Crippen molar-refractivity contribution in [1.82, 2.24) is 15.1 Å². The molecule has 5 nitrogen and oxygen atoms in total. The molecule has 0 aliphatic rings. The van der Waals surface area contributed by atoms with E-state index in [1.807, 2.05) is 76.9 Å². The Balaban J connectivity index is 1.47. The number of nitrogens with one attached hydrogen (secondary N) is 2. The van der Waals surface area contributed by atoms with Gasteiger partial charge in [0, 0.05) is 18.3 Å². The highest BCUT2D eigenvalue weighted by Gasteiger charge is 2.14. The maximum Gasteiger partial charge on any atom is 0.266 e. The molecule has 2 aromatic carbocycles. The smallest absolute Gasteiger partial charge is 0.266 e. The van der Waals surface area contributed by atoms with E-state index < -0.39 is 0 Å². The Bertz CT molecular complexity index is 1040. The summed E-state index contributed by atoms with van der Waals surface area (Å²) in [6.45, 7) is 1.60. The summed E-state index contributed by atoms with van der Waals surface area (Å²) in [4.78, 5) is 13.2. The van der Waals surface area contributed by atoms with Crippen molar-refractivity contribution in [2.45, 2.75) is 13.0 Å². The lowest BCUT2D eigenvalue weighted by Crippen LogP contribution is -2.18. The molecule has 2 N–H and O–H groups in total. The van der Waals surface area contributed by atoms with Crippen LogP contribution in [0.5, 0.6) is 0 Å². The maximum absolute atomic E-state index is 12.5. The summed E-state index contributed by atoms with van der Waals surface area (Å²) in [5, 5.41) is 13.0. The number of amides is 1. The highest BCUT2D eigenvalue weighted by Crippen LogP contribution is 2.19. The van der Waals surface area contributed by atoms with E-state index in [1.165, 1.54) is 16.9 Å². The van der Waals surface area contributed by atoms with Crippen LogP contribution in [0.2, 0.25) is 0 Å². The molecule has 0 unspecified atom stereocenters. The van der Waals surface area contributed by atoms with Gasteiger partial charge in [0.2, 0.25) is 0 Å². The number of anilines is 1. The number of nitrogens with zero attached hydrogens (tertiary/aromatic N) is 2. The fourth-order valence-corrected chi connectivity index (χ4v) is 3.66. The monoisotopic (exact) mass is 402 g/mol. The second-order valence-corrected chi connectivity index (χ2v) is 7.57. The largest absolute Gasteiger partial charge is 0.312 e. The van der Waals surface area contributed by atoms with Crippen LogP contribution in [0.1, 0.15) is 20.8 Å². The van der Waals surface area contributed by atoms with Gasteiger partial charge in [-0.15, -0.1) is 16.4 Å². The zero-order valence-corrected chi connectivity index (χ0v) is 16.7. The van der Waals surface area contributed by atoms with Gasteiger partial charge in [-0.25, -0.2) is 4.68 Å². The topological polar surface area (TPSA) is 59.0 Å². The fourth-order valence-electron chi connectivity index (χ4n) is 3.04. The first-order chi connectivity index (χ1) is 14.3. The van der Waals surface area contributed by atoms with Crippen molar-refractivity contribution in [2.24, 2.45) is 0 Å². The van der Waals surface area contributed by atoms with Crippen LogP contribution >= 0.6 is 11.3 Å². The molecule has 0 saturated heterocycles. The van der Waals surface area contributed by atoms with Gasteiger partial charge in [0.05, 0.1) is 10.6 Å². The van der Waals surface area contributed by atoms with Crippen LogP contribution in [-0.2, 0) is 13.0 Å². The lowest BCUT2D eigenvalue weighted by molar-refractivity contribution is 0.103. The molecule has 0 aliphatic carbocycles. The molecule has 6 heteroatoms. The molecule has 0 fully saturated rings. The van der Waals surface area contributed by atoms with Crippen molar-refractivity contribution in [3.05, 3.63) is 100 Å². The predicted molar refractivity (Wildman–Crippen MR) is 118 cm³/mol. The van der Waals surface area contributed by atoms with Crippen molar-refractivity contribution in [3.63, 3.8) is 0 Å². The van der Waals surface area contributed by atoms with Crippen LogP contribution in [0.25, 0.3) is 5.69 Å². The van der Waals surface area contributed by atoms with Crippen molar-refractivity contribution in [2.75, 3.05) is 11.9 Å². The minimum atomic E-state index is -0.128. The number of carbonyl (C=O) groups is 1. The summed E-state index contributed by atoms with van der Waals surface area (Å²) in [6.07, 6.45) is 2.75. The van der Waals surface area contributed by atoms with Gasteiger partial charge in [-0.1, -0.05) is 54.6 Å². The molecule has 1 amide bonds. The second-order valence-electron chi connectivity index (χ2n) is 6.63. The molecule has 0 atom stereocenters. The van der Waals surface area contributed by atoms with E-state index in [1.54, 1.807) is 0 Å². The molecule has 0 radical (unpaired) electrons. The first kappa shape index (κ1) is 19.1. The summed E-state index contributed by atoms with van der Waals surface area (Å²) < 4.78 is 1.82. The van der Waals surface area contributed by atoms with Gasteiger partial charge in [-0.05, 0) is 42.1 Å². The quantitative estimate of drug-likeness (QED) is 0.426. The summed E-state index contributed by atoms with van der Waals surface area (Å²) in [5.41, 5.74) is 3.21. The number of hydrogen-bond donors (Lipinski definition) is 2. The molecular formula is C23H22N4OS. The van der Waals surface area contributed by atoms with E-state index in [2.05, 4.69) is 27.9 Å². The predicted octanol–water partition coefficient (Wildman–Crippen LogP) is 4.52. The van der Waals surface area contributed by atoms with Gasteiger partial charge < -0.3 is 10.6 Å². The van der Waals surface area contributed by atoms with Gasteiger partial charge in [0.15, 0.2) is 5.82 Å². The SMILES string of the molecule is O=C(Nc1nn(-c2ccccc2)cc1CCNCc1ccccc1)c1cccs1. The Morgan fingerprint density at radius 1 is 0.966 bits per heavy atom. The summed E-state index contributed by atoms with van der Waals surface area (Å²) in [7, 11) is 0. The van der Waals surface area contributed by atoms with E-state index in [4.69, 9.17) is 0 Å². The molecule has 0 bridgehead atoms. The number of benzene rings is 2. The van der Waals surface area contributed by atoms with Crippen molar-refractivity contribution < 1.29 is 4.79 Å². The minimum Gasteiger partial charge on any atom is -0.312 e. The zero-order valence-electron chi connectivity index (χ0n) is 15.9. The van der Waals surface area contributed by atoms with Gasteiger partial charge in [0.25, 0.3) is 5.91 Å². The van der Waals surface area contributed by atoms with E-state index in [-0.39, 0.29) is 5.91 Å². The lowest BCUT2D eigenvalue weighted by Gasteiger charge is -2.06. The Kier molecular flexibility index (Phi) is 6.14. The molecule has 4 rings (SSSR count). The van der Waals surface area contributed by atoms with Crippen LogP contribution in [-0.4, -0.2) is 22.2 Å². The van der Waals surface area contributed by atoms with Gasteiger partial charge >= 0.3 is 0 Å². The number of aromatic nitrogens is 2. The van der Waals surface area contributed by atoms with Crippen LogP contribution < -0.4 is 10.6 Å². The third-order valence-electron chi connectivity index (χ3n) is 4.53. The fraction of sp³-hybridized carbons (Fsp3) is 0.130. The normalized spacial score (nSPS) is 10.8. The zero-order chi connectivity index (χ0) is 19.9. The minimum absolute atomic E-state index is 0.128. The van der Waals surface area contributed by atoms with Gasteiger partial charge in [-0.3, -0.25) is 4.79 Å². The van der Waals surface area contributed by atoms with Crippen molar-refractivity contribution >= 4 is 23.1 Å². The van der Waals surface area contributed by atoms with Crippen molar-refractivity contribution in [1.29, 1.82) is 0 Å². The number of carbonyl (C=O) groups excluding carboxylic acids is 1. The average molecular weight is 403 g/mol. The Hall–Kier alpha value is -3.22. The lowest BCUT2D eigenvalue weighted by atomic mass is 10.2. The Morgan fingerprint density at radius 2 is 1.72 bits per heavy atom. The first-order valence-corrected chi connectivity index (χ1v) is 10.4. The van der Waals surface area contributed by atoms with Crippen LogP contribution in [0.15, 0.2) is 84.4 Å². The van der Waals surface area contributed by atoms with E-state index in [0.29, 0.717) is 10.7 Å². The second kappa shape index (κ2) is 9.32. The average Bonchev–Trinajstić information content (AvgIpc) is 3.43. The molecular weight excluding hydrogens is 380 g/mol. The molecule has 146 valence electrons. The third kappa shape index (κ3) is 4.99. The van der Waals surface area contributed by atoms with E-state index in [9.17, 15) is 4.79 Å². The highest BCUT2D eigenvalue weighted by molar-refractivity contribution is 7.12. The van der Waals surface area contributed by atoms with Crippen LogP contribution in [0, 0.1) is 0 Å². The van der Waals surface area contributed by atoms with E-state index in [0.717, 1.165) is 30.8 Å². The molecule has 0 spiro atoms. The van der Waals surface area contributed by atoms with Gasteiger partial charge in [-0.2, -0.15) is 0 Å². The molecule has 2 aromatic heterocycles. The van der Waals surface area contributed by atoms with Crippen LogP contribution in [0.4, 0.5) is 5.82 Å². The first-order valence-electron chi connectivity index (χ1n) is 9.53. The molecule has 2 heterocycles. The molecule has 4 aromatic rings. The van der Waals surface area contributed by atoms with Crippen LogP contribution in [0.3, 0.4) is 0 Å². The summed E-state index contributed by atoms with van der Waals surface area (Å²) >= 11 is 1.42. The number of rotatable bonds is 8. The Labute approximate surface area is 174 Å². The maximum atomic E-state index is 12.5. The number of thiophene rings is 1.